The molecule has 0 saturated carbocycles. The fourth-order valence-corrected chi connectivity index (χ4v) is 0.201. The smallest absolute Gasteiger partial charge is 0.132 e. The lowest BCUT2D eigenvalue weighted by Crippen LogP contribution is -1.86. The number of carbonyl (C=O) groups is 1. The van der Waals surface area contributed by atoms with Crippen molar-refractivity contribution in [2.45, 2.75) is 0 Å². The summed E-state index contributed by atoms with van der Waals surface area (Å²) in [7, 11) is 0.422. The third-order valence-electron chi connectivity index (χ3n) is 0.262. The summed E-state index contributed by atoms with van der Waals surface area (Å²) < 4.78 is 0. The number of allylic oxidation sites excluding steroid dienone is 1. The average molecular weight is 100 g/mol. The van der Waals surface area contributed by atoms with Crippen LogP contribution in [0, 0.1) is 0 Å². The molecule has 0 radical (unpaired) electrons. The zero-order valence-corrected chi connectivity index (χ0v) is 5.39. The zero-order chi connectivity index (χ0) is 4.99. The lowest BCUT2D eigenvalue weighted by atomic mass is 10.7. The highest BCUT2D eigenvalue weighted by Gasteiger charge is 1.74. The molecular formula is C3H4O2Si. The lowest BCUT2D eigenvalue weighted by molar-refractivity contribution is -0.107. The molecule has 0 aliphatic heterocycles. The Balaban J connectivity index is 3.60. The minimum Gasteiger partial charge on any atom is -0.301 e. The van der Waals surface area contributed by atoms with Crippen LogP contribution in [0.3, 0.4) is 0 Å². The van der Waals surface area contributed by atoms with Gasteiger partial charge in [0.25, 0.3) is 0 Å². The maximum Gasteiger partial charge on any atom is 0.132 e. The molecule has 2 nitrogen and oxygen atoms in total. The summed E-state index contributed by atoms with van der Waals surface area (Å²) >= 11 is 0. The molecule has 0 heterocycles. The molecule has 0 aromatic rings. The summed E-state index contributed by atoms with van der Waals surface area (Å²) in [6.07, 6.45) is 0.909. The Morgan fingerprint density at radius 2 is 2.33 bits per heavy atom. The highest BCUT2D eigenvalue weighted by Crippen LogP contribution is 1.52. The van der Waals surface area contributed by atoms with Crippen molar-refractivity contribution in [2.24, 2.45) is 0 Å². The lowest BCUT2D eigenvalue weighted by Gasteiger charge is -1.61. The fourth-order valence-electron chi connectivity index (χ4n) is 0.0830. The zero-order valence-electron chi connectivity index (χ0n) is 3.39. The van der Waals surface area contributed by atoms with E-state index in [9.17, 15) is 9.59 Å². The van der Waals surface area contributed by atoms with Crippen LogP contribution in [-0.4, -0.2) is 21.6 Å². The van der Waals surface area contributed by atoms with Gasteiger partial charge >= 0.3 is 0 Å². The van der Waals surface area contributed by atoms with Crippen LogP contribution in [0.5, 0.6) is 0 Å². The molecule has 0 amide bonds. The fraction of sp³-hybridized carbons (Fsp3) is 0. The molecule has 3 heteroatoms. The predicted octanol–water partition coefficient (Wildman–Crippen LogP) is -1.73. The van der Waals surface area contributed by atoms with Gasteiger partial charge in [0.1, 0.15) is 11.3 Å². The van der Waals surface area contributed by atoms with Crippen molar-refractivity contribution in [3.63, 3.8) is 0 Å². The van der Waals surface area contributed by atoms with Crippen LogP contribution in [0.25, 0.3) is 0 Å². The summed E-state index contributed by atoms with van der Waals surface area (Å²) in [4.78, 5) is 19.0. The van der Waals surface area contributed by atoms with E-state index in [0.717, 1.165) is 6.08 Å². The number of carbonyl (C=O) groups excluding carboxylic acids is 2. The first-order valence-corrected chi connectivity index (χ1v) is 2.49. The molecular weight excluding hydrogens is 96.1 g/mol. The molecule has 0 aliphatic carbocycles. The van der Waals surface area contributed by atoms with E-state index in [0.29, 0.717) is 10.2 Å². The van der Waals surface area contributed by atoms with Crippen molar-refractivity contribution in [3.8, 4) is 0 Å². The van der Waals surface area contributed by atoms with Crippen LogP contribution < -0.4 is 0 Å². The largest absolute Gasteiger partial charge is 0.301 e. The van der Waals surface area contributed by atoms with Crippen molar-refractivity contribution >= 4 is 21.6 Å². The Kier molecular flexibility index (Phi) is 2.28. The minimum absolute atomic E-state index is 0.120. The molecule has 0 atom stereocenters. The van der Waals surface area contributed by atoms with Gasteiger partial charge in [-0.3, -0.25) is 0 Å². The first kappa shape index (κ1) is 5.34. The van der Waals surface area contributed by atoms with Gasteiger partial charge < -0.3 is 4.79 Å². The topological polar surface area (TPSA) is 34.1 Å². The van der Waals surface area contributed by atoms with E-state index in [-0.39, 0.29) is 5.41 Å². The Bertz CT molecular complexity index is 101. The van der Waals surface area contributed by atoms with E-state index in [4.69, 9.17) is 0 Å². The Labute approximate surface area is 38.3 Å². The van der Waals surface area contributed by atoms with Crippen LogP contribution in [0.15, 0.2) is 6.08 Å². The van der Waals surface area contributed by atoms with Crippen molar-refractivity contribution in [1.82, 2.24) is 0 Å². The van der Waals surface area contributed by atoms with Gasteiger partial charge in [0.2, 0.25) is 0 Å². The van der Waals surface area contributed by atoms with Crippen molar-refractivity contribution < 1.29 is 9.59 Å². The number of rotatable bonds is 1. The standard InChI is InChI=1S/C3H4O2Si/c4-2-1-3(5)6/h1H,6H3. The molecule has 6 heavy (non-hydrogen) atoms. The molecule has 0 spiro atoms. The molecule has 0 bridgehead atoms. The van der Waals surface area contributed by atoms with E-state index in [1.165, 1.54) is 5.94 Å². The second-order valence-corrected chi connectivity index (χ2v) is 1.86. The predicted molar refractivity (Wildman–Crippen MR) is 25.2 cm³/mol. The van der Waals surface area contributed by atoms with Crippen molar-refractivity contribution in [2.75, 3.05) is 0 Å². The molecule has 0 rings (SSSR count). The molecule has 0 aromatic heterocycles. The SMILES string of the molecule is O=C=CC(=O)[SiH3]. The quantitative estimate of drug-likeness (QED) is 0.223. The molecule has 0 fully saturated rings. The van der Waals surface area contributed by atoms with E-state index in [1.807, 2.05) is 0 Å². The van der Waals surface area contributed by atoms with Crippen LogP contribution >= 0.6 is 0 Å². The summed E-state index contributed by atoms with van der Waals surface area (Å²) in [6, 6.07) is 0. The monoisotopic (exact) mass is 100.0 g/mol. The van der Waals surface area contributed by atoms with Crippen LogP contribution in [0.1, 0.15) is 0 Å². The van der Waals surface area contributed by atoms with E-state index < -0.39 is 0 Å². The second-order valence-electron chi connectivity index (χ2n) is 0.873. The highest BCUT2D eigenvalue weighted by atomic mass is 28.1. The Morgan fingerprint density at radius 1 is 1.83 bits per heavy atom. The van der Waals surface area contributed by atoms with E-state index in [1.54, 1.807) is 0 Å². The maximum absolute atomic E-state index is 9.79. The van der Waals surface area contributed by atoms with Gasteiger partial charge in [-0.25, -0.2) is 4.79 Å². The normalized spacial score (nSPS) is 6.67. The van der Waals surface area contributed by atoms with Gasteiger partial charge in [-0.15, -0.1) is 0 Å². The Hall–Kier alpha value is -0.663. The molecule has 0 saturated heterocycles. The number of hydrogen-bond donors (Lipinski definition) is 0. The van der Waals surface area contributed by atoms with Crippen molar-refractivity contribution in [3.05, 3.63) is 6.08 Å². The van der Waals surface area contributed by atoms with Gasteiger partial charge in [0.05, 0.1) is 16.3 Å². The molecule has 32 valence electrons. The summed E-state index contributed by atoms with van der Waals surface area (Å²) in [5.74, 6) is 1.38. The van der Waals surface area contributed by atoms with Crippen LogP contribution in [0.4, 0.5) is 0 Å². The minimum atomic E-state index is -0.120. The van der Waals surface area contributed by atoms with Crippen LogP contribution in [0.2, 0.25) is 0 Å². The maximum atomic E-state index is 9.79. The van der Waals surface area contributed by atoms with Crippen LogP contribution in [-0.2, 0) is 9.59 Å². The summed E-state index contributed by atoms with van der Waals surface area (Å²) in [5.41, 5.74) is 0. The first-order valence-electron chi connectivity index (χ1n) is 1.49. The first-order chi connectivity index (χ1) is 2.77. The van der Waals surface area contributed by atoms with Gasteiger partial charge in [0, 0.05) is 0 Å². The summed E-state index contributed by atoms with van der Waals surface area (Å²) in [5, 5.41) is -0.120. The van der Waals surface area contributed by atoms with Gasteiger partial charge in [0.15, 0.2) is 0 Å². The average Bonchev–Trinajstić information content (AvgIpc) is 1.35. The number of hydrogen-bond acceptors (Lipinski definition) is 2. The second kappa shape index (κ2) is 2.57. The molecule has 0 aliphatic rings. The van der Waals surface area contributed by atoms with E-state index >= 15 is 0 Å². The van der Waals surface area contributed by atoms with Gasteiger partial charge in [-0.1, -0.05) is 0 Å². The molecule has 0 aromatic carbocycles. The van der Waals surface area contributed by atoms with Gasteiger partial charge in [-0.05, 0) is 0 Å². The molecule has 0 N–H and O–H groups in total. The third kappa shape index (κ3) is 3.34. The van der Waals surface area contributed by atoms with Crippen molar-refractivity contribution in [1.29, 1.82) is 0 Å². The summed E-state index contributed by atoms with van der Waals surface area (Å²) in [6.45, 7) is 0. The highest BCUT2D eigenvalue weighted by molar-refractivity contribution is 6.61. The van der Waals surface area contributed by atoms with Gasteiger partial charge in [-0.2, -0.15) is 0 Å². The molecule has 0 unspecified atom stereocenters. The Morgan fingerprint density at radius 3 is 2.33 bits per heavy atom. The van der Waals surface area contributed by atoms with E-state index in [2.05, 4.69) is 0 Å². The third-order valence-corrected chi connectivity index (χ3v) is 0.551.